The zero-order valence-electron chi connectivity index (χ0n) is 8.04. The smallest absolute Gasteiger partial charge is 0.459 e. The van der Waals surface area contributed by atoms with E-state index in [1.54, 1.807) is 0 Å². The maximum atomic E-state index is 8.82. The average molecular weight is 206 g/mol. The van der Waals surface area contributed by atoms with Crippen molar-refractivity contribution in [2.75, 3.05) is 0 Å². The Morgan fingerprint density at radius 3 is 2.53 bits per heavy atom. The topological polar surface area (TPSA) is 58.9 Å². The van der Waals surface area contributed by atoms with Gasteiger partial charge in [0, 0.05) is 6.42 Å². The minimum Gasteiger partial charge on any atom is -0.459 e. The van der Waals surface area contributed by atoms with Crippen LogP contribution < -0.4 is 0 Å². The third-order valence-electron chi connectivity index (χ3n) is 2.10. The normalized spacial score (nSPS) is 19.1. The van der Waals surface area contributed by atoms with E-state index in [1.807, 2.05) is 30.3 Å². The molecule has 0 radical (unpaired) electrons. The standard InChI is InChI=1S/C10H11BO4/c12-11(13)9-7-14-10(15-9)6-8-4-2-1-3-5-8/h1-5,7,10,12-13H,6H2. The number of ether oxygens (including phenoxy) is 2. The van der Waals surface area contributed by atoms with Crippen LogP contribution in [0.3, 0.4) is 0 Å². The Hall–Kier alpha value is -1.46. The molecule has 2 rings (SSSR count). The van der Waals surface area contributed by atoms with Crippen LogP contribution in [0.2, 0.25) is 0 Å². The predicted molar refractivity (Wildman–Crippen MR) is 54.4 cm³/mol. The lowest BCUT2D eigenvalue weighted by molar-refractivity contribution is -0.0269. The van der Waals surface area contributed by atoms with Crippen LogP contribution in [0.5, 0.6) is 0 Å². The van der Waals surface area contributed by atoms with E-state index in [9.17, 15) is 0 Å². The molecule has 1 aromatic rings. The summed E-state index contributed by atoms with van der Waals surface area (Å²) in [6, 6.07) is 9.71. The monoisotopic (exact) mass is 206 g/mol. The van der Waals surface area contributed by atoms with E-state index in [2.05, 4.69) is 0 Å². The van der Waals surface area contributed by atoms with Gasteiger partial charge in [-0.15, -0.1) is 0 Å². The first-order chi connectivity index (χ1) is 7.25. The van der Waals surface area contributed by atoms with Crippen LogP contribution in [0, 0.1) is 0 Å². The summed E-state index contributed by atoms with van der Waals surface area (Å²) in [5.74, 6) is 0. The van der Waals surface area contributed by atoms with Crippen LogP contribution >= 0.6 is 0 Å². The molecule has 0 aliphatic carbocycles. The Kier molecular flexibility index (Phi) is 2.94. The molecule has 0 saturated heterocycles. The van der Waals surface area contributed by atoms with E-state index in [4.69, 9.17) is 19.5 Å². The number of rotatable bonds is 3. The van der Waals surface area contributed by atoms with Crippen molar-refractivity contribution in [1.82, 2.24) is 0 Å². The van der Waals surface area contributed by atoms with Gasteiger partial charge in [-0.1, -0.05) is 30.3 Å². The van der Waals surface area contributed by atoms with Gasteiger partial charge in [-0.2, -0.15) is 0 Å². The average Bonchev–Trinajstić information content (AvgIpc) is 2.68. The maximum Gasteiger partial charge on any atom is 0.529 e. The van der Waals surface area contributed by atoms with Gasteiger partial charge in [-0.25, -0.2) is 0 Å². The molecule has 0 fully saturated rings. The van der Waals surface area contributed by atoms with Gasteiger partial charge in [0.15, 0.2) is 5.66 Å². The van der Waals surface area contributed by atoms with E-state index in [0.717, 1.165) is 5.56 Å². The molecule has 1 aliphatic rings. The Balaban J connectivity index is 1.90. The fourth-order valence-corrected chi connectivity index (χ4v) is 1.37. The largest absolute Gasteiger partial charge is 0.529 e. The van der Waals surface area contributed by atoms with Gasteiger partial charge in [0.25, 0.3) is 0 Å². The molecule has 78 valence electrons. The third kappa shape index (κ3) is 2.52. The lowest BCUT2D eigenvalue weighted by Gasteiger charge is -2.11. The van der Waals surface area contributed by atoms with Crippen molar-refractivity contribution >= 4 is 7.12 Å². The summed E-state index contributed by atoms with van der Waals surface area (Å²) in [5.41, 5.74) is 1.13. The second kappa shape index (κ2) is 4.38. The molecule has 1 heterocycles. The highest BCUT2D eigenvalue weighted by Crippen LogP contribution is 2.18. The predicted octanol–water partition coefficient (Wildman–Crippen LogP) is 0.455. The molecule has 15 heavy (non-hydrogen) atoms. The van der Waals surface area contributed by atoms with Crippen molar-refractivity contribution in [3.8, 4) is 0 Å². The zero-order chi connectivity index (χ0) is 10.7. The van der Waals surface area contributed by atoms with Crippen LogP contribution in [0.15, 0.2) is 42.3 Å². The van der Waals surface area contributed by atoms with Crippen molar-refractivity contribution in [3.63, 3.8) is 0 Å². The summed E-state index contributed by atoms with van der Waals surface area (Å²) in [7, 11) is -1.61. The lowest BCUT2D eigenvalue weighted by Crippen LogP contribution is -2.19. The van der Waals surface area contributed by atoms with Crippen molar-refractivity contribution < 1.29 is 19.5 Å². The van der Waals surface area contributed by atoms with Gasteiger partial charge in [0.1, 0.15) is 6.26 Å². The Bertz CT molecular complexity index is 350. The van der Waals surface area contributed by atoms with Crippen LogP contribution in [0.25, 0.3) is 0 Å². The highest BCUT2D eigenvalue weighted by molar-refractivity contribution is 6.49. The van der Waals surface area contributed by atoms with Crippen molar-refractivity contribution in [2.24, 2.45) is 0 Å². The second-order valence-electron chi connectivity index (χ2n) is 3.27. The molecule has 2 N–H and O–H groups in total. The molecule has 0 aromatic heterocycles. The van der Waals surface area contributed by atoms with Gasteiger partial charge in [-0.05, 0) is 5.56 Å². The van der Waals surface area contributed by atoms with Crippen LogP contribution in [0.4, 0.5) is 0 Å². The van der Waals surface area contributed by atoms with Gasteiger partial charge < -0.3 is 19.5 Å². The summed E-state index contributed by atoms with van der Waals surface area (Å²) in [6.07, 6.45) is 1.34. The summed E-state index contributed by atoms with van der Waals surface area (Å²) in [4.78, 5) is 0. The van der Waals surface area contributed by atoms with Gasteiger partial charge in [0.05, 0.1) is 0 Å². The SMILES string of the molecule is OB(O)C1=COC(Cc2ccccc2)O1. The van der Waals surface area contributed by atoms with Gasteiger partial charge in [-0.3, -0.25) is 0 Å². The van der Waals surface area contributed by atoms with Crippen molar-refractivity contribution in [2.45, 2.75) is 12.7 Å². The zero-order valence-corrected chi connectivity index (χ0v) is 8.04. The lowest BCUT2D eigenvalue weighted by atomic mass is 9.89. The van der Waals surface area contributed by atoms with Crippen molar-refractivity contribution in [3.05, 3.63) is 47.8 Å². The van der Waals surface area contributed by atoms with Crippen LogP contribution in [0.1, 0.15) is 5.56 Å². The number of hydrogen-bond acceptors (Lipinski definition) is 4. The molecule has 0 bridgehead atoms. The summed E-state index contributed by atoms with van der Waals surface area (Å²) < 4.78 is 10.3. The number of benzene rings is 1. The molecule has 1 atom stereocenters. The van der Waals surface area contributed by atoms with Crippen molar-refractivity contribution in [1.29, 1.82) is 0 Å². The first-order valence-corrected chi connectivity index (χ1v) is 4.68. The molecule has 4 nitrogen and oxygen atoms in total. The molecule has 1 unspecified atom stereocenters. The third-order valence-corrected chi connectivity index (χ3v) is 2.10. The molecule has 1 aliphatic heterocycles. The summed E-state index contributed by atoms with van der Waals surface area (Å²) in [6.45, 7) is 0. The van der Waals surface area contributed by atoms with E-state index in [1.165, 1.54) is 6.26 Å². The first-order valence-electron chi connectivity index (χ1n) is 4.68. The Morgan fingerprint density at radius 1 is 1.20 bits per heavy atom. The second-order valence-corrected chi connectivity index (χ2v) is 3.27. The van der Waals surface area contributed by atoms with E-state index >= 15 is 0 Å². The van der Waals surface area contributed by atoms with E-state index in [0.29, 0.717) is 6.42 Å². The van der Waals surface area contributed by atoms with Gasteiger partial charge in [0.2, 0.25) is 6.29 Å². The van der Waals surface area contributed by atoms with Gasteiger partial charge >= 0.3 is 7.12 Å². The molecular weight excluding hydrogens is 195 g/mol. The van der Waals surface area contributed by atoms with E-state index < -0.39 is 13.4 Å². The summed E-state index contributed by atoms with van der Waals surface area (Å²) >= 11 is 0. The fourth-order valence-electron chi connectivity index (χ4n) is 1.37. The van der Waals surface area contributed by atoms with Crippen LogP contribution in [-0.2, 0) is 15.9 Å². The number of hydrogen-bond donors (Lipinski definition) is 2. The molecule has 0 saturated carbocycles. The van der Waals surface area contributed by atoms with E-state index in [-0.39, 0.29) is 5.66 Å². The quantitative estimate of drug-likeness (QED) is 0.705. The highest BCUT2D eigenvalue weighted by atomic mass is 16.7. The minimum atomic E-state index is -1.61. The molecule has 0 spiro atoms. The maximum absolute atomic E-state index is 8.82. The Morgan fingerprint density at radius 2 is 1.93 bits per heavy atom. The highest BCUT2D eigenvalue weighted by Gasteiger charge is 2.27. The molecular formula is C10H11BO4. The molecule has 1 aromatic carbocycles. The molecule has 5 heteroatoms. The Labute approximate surface area is 87.9 Å². The van der Waals surface area contributed by atoms with Crippen LogP contribution in [-0.4, -0.2) is 23.5 Å². The fraction of sp³-hybridized carbons (Fsp3) is 0.200. The minimum absolute atomic E-state index is 0.0518. The summed E-state index contributed by atoms with van der Waals surface area (Å²) in [5, 5.41) is 17.6. The molecule has 0 amide bonds. The first kappa shape index (κ1) is 10.1.